The Hall–Kier alpha value is -1.64. The molecule has 3 nitrogen and oxygen atoms in total. The summed E-state index contributed by atoms with van der Waals surface area (Å²) < 4.78 is 4.72. The van der Waals surface area contributed by atoms with E-state index in [4.69, 9.17) is 0 Å². The summed E-state index contributed by atoms with van der Waals surface area (Å²) in [4.78, 5) is 7.00. The zero-order chi connectivity index (χ0) is 25.0. The van der Waals surface area contributed by atoms with Gasteiger partial charge in [0.15, 0.2) is 0 Å². The Labute approximate surface area is 215 Å². The van der Waals surface area contributed by atoms with Crippen LogP contribution in [0.4, 0.5) is 0 Å². The molecular weight excluding hydrogens is 524 g/mol. The van der Waals surface area contributed by atoms with Crippen LogP contribution in [0.3, 0.4) is 0 Å². The molecule has 3 aromatic rings. The van der Waals surface area contributed by atoms with E-state index in [9.17, 15) is 0 Å². The molecule has 0 fully saturated rings. The Bertz CT molecular complexity index is 939. The Morgan fingerprint density at radius 3 is 0.912 bits per heavy atom. The molecule has 0 aliphatic carbocycles. The van der Waals surface area contributed by atoms with Gasteiger partial charge in [-0.3, -0.25) is 0 Å². The van der Waals surface area contributed by atoms with Gasteiger partial charge in [-0.15, -0.1) is 0 Å². The molecular formula is C30H42N3Sb. The molecule has 0 saturated heterocycles. The van der Waals surface area contributed by atoms with E-state index < -0.39 is 20.2 Å². The van der Waals surface area contributed by atoms with Crippen LogP contribution in [0.1, 0.15) is 55.6 Å². The third-order valence-electron chi connectivity index (χ3n) is 7.21. The van der Waals surface area contributed by atoms with Crippen molar-refractivity contribution in [3.8, 4) is 0 Å². The van der Waals surface area contributed by atoms with Crippen LogP contribution in [0, 0.1) is 0 Å². The molecule has 0 N–H and O–H groups in total. The Morgan fingerprint density at radius 1 is 0.441 bits per heavy atom. The zero-order valence-corrected chi connectivity index (χ0v) is 25.0. The topological polar surface area (TPSA) is 9.72 Å². The van der Waals surface area contributed by atoms with Crippen molar-refractivity contribution in [3.05, 3.63) is 89.5 Å². The van der Waals surface area contributed by atoms with Crippen LogP contribution in [0.5, 0.6) is 0 Å². The van der Waals surface area contributed by atoms with Crippen molar-refractivity contribution >= 4 is 30.7 Å². The van der Waals surface area contributed by atoms with E-state index in [1.54, 1.807) is 10.5 Å². The molecule has 3 rings (SSSR count). The molecule has 0 aliphatic rings. The van der Waals surface area contributed by atoms with Gasteiger partial charge in [-0.1, -0.05) is 0 Å². The summed E-state index contributed by atoms with van der Waals surface area (Å²) in [6, 6.07) is 28.8. The maximum absolute atomic E-state index is 2.42. The summed E-state index contributed by atoms with van der Waals surface area (Å²) >= 11 is -2.42. The van der Waals surface area contributed by atoms with Crippen LogP contribution in [0.15, 0.2) is 72.8 Å². The van der Waals surface area contributed by atoms with E-state index in [1.807, 2.05) is 0 Å². The van der Waals surface area contributed by atoms with Crippen LogP contribution in [0.25, 0.3) is 0 Å². The number of rotatable bonds is 9. The van der Waals surface area contributed by atoms with Gasteiger partial charge < -0.3 is 0 Å². The van der Waals surface area contributed by atoms with Gasteiger partial charge >= 0.3 is 216 Å². The first kappa shape index (κ1) is 27.0. The molecule has 34 heavy (non-hydrogen) atoms. The summed E-state index contributed by atoms with van der Waals surface area (Å²) in [5, 5.41) is 0. The number of hydrogen-bond donors (Lipinski definition) is 0. The van der Waals surface area contributed by atoms with Gasteiger partial charge in [0, 0.05) is 0 Å². The van der Waals surface area contributed by atoms with Gasteiger partial charge in [0.05, 0.1) is 0 Å². The fraction of sp³-hybridized carbons (Fsp3) is 0.400. The molecule has 0 saturated carbocycles. The van der Waals surface area contributed by atoms with E-state index in [2.05, 4.69) is 151 Å². The summed E-state index contributed by atoms with van der Waals surface area (Å²) in [5.74, 6) is 0. The Balaban J connectivity index is 2.37. The third kappa shape index (κ3) is 5.77. The average molecular weight is 566 g/mol. The second-order valence-electron chi connectivity index (χ2n) is 9.93. The van der Waals surface area contributed by atoms with Gasteiger partial charge in [0.1, 0.15) is 0 Å². The molecule has 0 unspecified atom stereocenters. The number of hydrogen-bond acceptors (Lipinski definition) is 3. The monoisotopic (exact) mass is 565 g/mol. The quantitative estimate of drug-likeness (QED) is 0.362. The second kappa shape index (κ2) is 11.9. The molecule has 4 heteroatoms. The van der Waals surface area contributed by atoms with Crippen LogP contribution in [0.2, 0.25) is 0 Å². The van der Waals surface area contributed by atoms with Crippen LogP contribution >= 0.6 is 0 Å². The summed E-state index contributed by atoms with van der Waals surface area (Å²) in [6.45, 7) is 7.00. The normalized spacial score (nSPS) is 14.7. The number of nitrogens with zero attached hydrogens (tertiary/aromatic N) is 3. The zero-order valence-electron chi connectivity index (χ0n) is 22.4. The van der Waals surface area contributed by atoms with Crippen molar-refractivity contribution in [2.24, 2.45) is 0 Å². The molecule has 0 amide bonds. The molecule has 0 radical (unpaired) electrons. The first-order valence-electron chi connectivity index (χ1n) is 12.2. The fourth-order valence-electron chi connectivity index (χ4n) is 4.36. The van der Waals surface area contributed by atoms with Crippen molar-refractivity contribution in [3.63, 3.8) is 0 Å². The van der Waals surface area contributed by atoms with E-state index in [0.29, 0.717) is 18.1 Å². The predicted octanol–water partition coefficient (Wildman–Crippen LogP) is 4.07. The molecule has 3 atom stereocenters. The average Bonchev–Trinajstić information content (AvgIpc) is 2.83. The minimum absolute atomic E-state index is 0.361. The molecule has 3 aromatic carbocycles. The van der Waals surface area contributed by atoms with Crippen molar-refractivity contribution in [1.29, 1.82) is 0 Å². The van der Waals surface area contributed by atoms with Gasteiger partial charge in [-0.05, 0) is 0 Å². The van der Waals surface area contributed by atoms with Crippen molar-refractivity contribution in [2.45, 2.75) is 38.9 Å². The molecule has 0 aromatic heterocycles. The molecule has 0 spiro atoms. The molecule has 0 bridgehead atoms. The summed E-state index contributed by atoms with van der Waals surface area (Å²) in [6.07, 6.45) is 0. The SMILES string of the molecule is C[C@@H](c1cccc[c]1[Sb]([c]1ccccc1[C@H](C)N(C)C)[c]1ccccc1[C@H](C)N(C)C)N(C)C. The first-order valence-corrected chi connectivity index (χ1v) is 16.0. The van der Waals surface area contributed by atoms with Gasteiger partial charge in [0.2, 0.25) is 0 Å². The Morgan fingerprint density at radius 2 is 0.676 bits per heavy atom. The van der Waals surface area contributed by atoms with Gasteiger partial charge in [-0.25, -0.2) is 0 Å². The minimum atomic E-state index is -2.42. The Kier molecular flexibility index (Phi) is 9.40. The van der Waals surface area contributed by atoms with Gasteiger partial charge in [-0.2, -0.15) is 0 Å². The molecule has 0 heterocycles. The summed E-state index contributed by atoms with van der Waals surface area (Å²) in [5.41, 5.74) is 4.40. The maximum atomic E-state index is 2.42. The third-order valence-corrected chi connectivity index (χ3v) is 14.8. The first-order chi connectivity index (χ1) is 16.1. The standard InChI is InChI=1S/3C10H14N.Sb/c3*1-9(11(2)3)10-7-5-4-6-8-10;/h3*4-7,9H,1-3H3;/t3*9-;/m000./s1. The van der Waals surface area contributed by atoms with E-state index >= 15 is 0 Å². The number of benzene rings is 3. The van der Waals surface area contributed by atoms with E-state index in [-0.39, 0.29) is 0 Å². The second-order valence-corrected chi connectivity index (χ2v) is 16.0. The fourth-order valence-corrected chi connectivity index (χ4v) is 13.0. The molecule has 0 aliphatic heterocycles. The van der Waals surface area contributed by atoms with Crippen molar-refractivity contribution in [2.75, 3.05) is 42.3 Å². The van der Waals surface area contributed by atoms with Crippen molar-refractivity contribution < 1.29 is 0 Å². The van der Waals surface area contributed by atoms with E-state index in [0.717, 1.165) is 0 Å². The van der Waals surface area contributed by atoms with E-state index in [1.165, 1.54) is 16.7 Å². The van der Waals surface area contributed by atoms with Crippen LogP contribution < -0.4 is 10.5 Å². The molecule has 182 valence electrons. The van der Waals surface area contributed by atoms with Crippen LogP contribution in [-0.4, -0.2) is 77.2 Å². The summed E-state index contributed by atoms with van der Waals surface area (Å²) in [7, 11) is 13.1. The van der Waals surface area contributed by atoms with Crippen LogP contribution in [-0.2, 0) is 0 Å². The van der Waals surface area contributed by atoms with Crippen molar-refractivity contribution in [1.82, 2.24) is 14.7 Å². The predicted molar refractivity (Wildman–Crippen MR) is 150 cm³/mol. The van der Waals surface area contributed by atoms with Gasteiger partial charge in [0.25, 0.3) is 0 Å².